The molecule has 0 saturated heterocycles. The average molecular weight is 380 g/mol. The molecule has 0 atom stereocenters. The second-order valence-electron chi connectivity index (χ2n) is 7.42. The molecule has 1 aliphatic carbocycles. The van der Waals surface area contributed by atoms with E-state index in [0.717, 1.165) is 25.7 Å². The van der Waals surface area contributed by atoms with Crippen molar-refractivity contribution >= 4 is 5.91 Å². The van der Waals surface area contributed by atoms with Gasteiger partial charge in [-0.3, -0.25) is 4.79 Å². The molecule has 1 aromatic carbocycles. The molecule has 1 fully saturated rings. The van der Waals surface area contributed by atoms with E-state index in [0.29, 0.717) is 22.8 Å². The predicted molar refractivity (Wildman–Crippen MR) is 107 cm³/mol. The fourth-order valence-corrected chi connectivity index (χ4v) is 3.94. The van der Waals surface area contributed by atoms with E-state index in [1.54, 1.807) is 16.8 Å². The van der Waals surface area contributed by atoms with Gasteiger partial charge in [0, 0.05) is 18.4 Å². The van der Waals surface area contributed by atoms with E-state index in [1.165, 1.54) is 25.0 Å². The van der Waals surface area contributed by atoms with Crippen LogP contribution in [0.4, 0.5) is 4.39 Å². The summed E-state index contributed by atoms with van der Waals surface area (Å²) in [4.78, 5) is 13.2. The molecule has 0 spiro atoms. The molecule has 28 heavy (non-hydrogen) atoms. The number of aromatic nitrogens is 3. The Morgan fingerprint density at radius 3 is 2.36 bits per heavy atom. The van der Waals surface area contributed by atoms with E-state index in [4.69, 9.17) is 0 Å². The molecule has 1 N–H and O–H groups in total. The summed E-state index contributed by atoms with van der Waals surface area (Å²) >= 11 is 0. The molecule has 0 radical (unpaired) electrons. The first-order chi connectivity index (χ1) is 13.6. The maximum atomic E-state index is 13.4. The van der Waals surface area contributed by atoms with Crippen LogP contribution in [0.2, 0.25) is 0 Å². The Labute approximate surface area is 164 Å². The van der Waals surface area contributed by atoms with Gasteiger partial charge in [0.25, 0.3) is 5.91 Å². The van der Waals surface area contributed by atoms with Gasteiger partial charge in [-0.2, -0.15) is 5.10 Å². The van der Waals surface area contributed by atoms with Gasteiger partial charge < -0.3 is 9.88 Å². The molecule has 5 nitrogen and oxygen atoms in total. The van der Waals surface area contributed by atoms with E-state index >= 15 is 0 Å². The van der Waals surface area contributed by atoms with Crippen LogP contribution in [0.25, 0.3) is 11.5 Å². The molecule has 146 valence electrons. The molecule has 6 heteroatoms. The molecule has 3 aromatic rings. The minimum atomic E-state index is -0.304. The van der Waals surface area contributed by atoms with Crippen LogP contribution < -0.4 is 5.32 Å². The van der Waals surface area contributed by atoms with Crippen LogP contribution in [0.5, 0.6) is 0 Å². The van der Waals surface area contributed by atoms with E-state index in [-0.39, 0.29) is 17.8 Å². The number of amides is 1. The zero-order valence-electron chi connectivity index (χ0n) is 16.1. The third kappa shape index (κ3) is 3.72. The van der Waals surface area contributed by atoms with Crippen molar-refractivity contribution in [1.82, 2.24) is 19.7 Å². The number of nitrogens with zero attached hydrogens (tertiary/aromatic N) is 3. The lowest BCUT2D eigenvalue weighted by atomic mass is 10.1. The molecule has 1 saturated carbocycles. The second kappa shape index (κ2) is 8.00. The summed E-state index contributed by atoms with van der Waals surface area (Å²) in [7, 11) is 0. The van der Waals surface area contributed by atoms with Crippen molar-refractivity contribution in [2.75, 3.05) is 0 Å². The predicted octanol–water partition coefficient (Wildman–Crippen LogP) is 4.56. The van der Waals surface area contributed by atoms with E-state index in [2.05, 4.69) is 10.4 Å². The van der Waals surface area contributed by atoms with Crippen molar-refractivity contribution in [3.8, 4) is 11.5 Å². The van der Waals surface area contributed by atoms with Gasteiger partial charge in [-0.15, -0.1) is 0 Å². The van der Waals surface area contributed by atoms with Crippen LogP contribution in [0.1, 0.15) is 54.6 Å². The van der Waals surface area contributed by atoms with Crippen LogP contribution in [0, 0.1) is 12.7 Å². The highest BCUT2D eigenvalue weighted by Gasteiger charge is 2.25. The Morgan fingerprint density at radius 1 is 1.07 bits per heavy atom. The molecular formula is C22H25FN4O. The normalized spacial score (nSPS) is 15.4. The number of nitrogens with one attached hydrogen (secondary N) is 1. The van der Waals surface area contributed by atoms with Crippen molar-refractivity contribution in [3.05, 3.63) is 65.9 Å². The zero-order valence-corrected chi connectivity index (χ0v) is 16.1. The highest BCUT2D eigenvalue weighted by molar-refractivity contribution is 5.98. The summed E-state index contributed by atoms with van der Waals surface area (Å²) in [5, 5.41) is 7.84. The van der Waals surface area contributed by atoms with Crippen molar-refractivity contribution in [1.29, 1.82) is 0 Å². The number of hydrogen-bond donors (Lipinski definition) is 1. The molecule has 1 amide bonds. The van der Waals surface area contributed by atoms with Gasteiger partial charge in [-0.1, -0.05) is 25.7 Å². The number of carbonyl (C=O) groups excluding carboxylic acids is 1. The first-order valence-corrected chi connectivity index (χ1v) is 9.93. The topological polar surface area (TPSA) is 51.9 Å². The number of rotatable bonds is 4. The van der Waals surface area contributed by atoms with Crippen LogP contribution in [-0.2, 0) is 0 Å². The van der Waals surface area contributed by atoms with Crippen molar-refractivity contribution in [3.63, 3.8) is 0 Å². The smallest absolute Gasteiger partial charge is 0.257 e. The SMILES string of the molecule is Cc1nn(-c2ccc(F)cc2)c(-n2cccc2)c1C(=O)NC1CCCCCC1. The monoisotopic (exact) mass is 380 g/mol. The van der Waals surface area contributed by atoms with Crippen molar-refractivity contribution < 1.29 is 9.18 Å². The van der Waals surface area contributed by atoms with Crippen LogP contribution >= 0.6 is 0 Å². The summed E-state index contributed by atoms with van der Waals surface area (Å²) in [6.07, 6.45) is 10.6. The van der Waals surface area contributed by atoms with Gasteiger partial charge in [0.1, 0.15) is 11.4 Å². The lowest BCUT2D eigenvalue weighted by molar-refractivity contribution is 0.0932. The first kappa shape index (κ1) is 18.5. The van der Waals surface area contributed by atoms with Gasteiger partial charge in [0.05, 0.1) is 11.4 Å². The van der Waals surface area contributed by atoms with Crippen molar-refractivity contribution in [2.24, 2.45) is 0 Å². The molecule has 0 unspecified atom stereocenters. The quantitative estimate of drug-likeness (QED) is 0.675. The molecule has 1 aliphatic rings. The summed E-state index contributed by atoms with van der Waals surface area (Å²) in [6.45, 7) is 1.84. The number of aryl methyl sites for hydroxylation is 1. The van der Waals surface area contributed by atoms with Gasteiger partial charge >= 0.3 is 0 Å². The number of benzene rings is 1. The fraction of sp³-hybridized carbons (Fsp3) is 0.364. The summed E-state index contributed by atoms with van der Waals surface area (Å²) in [5.41, 5.74) is 1.92. The number of halogens is 1. The highest BCUT2D eigenvalue weighted by Crippen LogP contribution is 2.24. The fourth-order valence-electron chi connectivity index (χ4n) is 3.94. The van der Waals surface area contributed by atoms with Crippen LogP contribution in [0.15, 0.2) is 48.8 Å². The molecule has 2 aromatic heterocycles. The summed E-state index contributed by atoms with van der Waals surface area (Å²) in [6, 6.07) is 10.2. The lowest BCUT2D eigenvalue weighted by Gasteiger charge is -2.17. The second-order valence-corrected chi connectivity index (χ2v) is 7.42. The third-order valence-corrected chi connectivity index (χ3v) is 5.37. The van der Waals surface area contributed by atoms with E-state index in [9.17, 15) is 9.18 Å². The van der Waals surface area contributed by atoms with Gasteiger partial charge in [-0.05, 0) is 56.2 Å². The maximum Gasteiger partial charge on any atom is 0.257 e. The molecule has 0 aliphatic heterocycles. The highest BCUT2D eigenvalue weighted by atomic mass is 19.1. The van der Waals surface area contributed by atoms with Crippen LogP contribution in [0.3, 0.4) is 0 Å². The van der Waals surface area contributed by atoms with Crippen molar-refractivity contribution in [2.45, 2.75) is 51.5 Å². The molecule has 0 bridgehead atoms. The largest absolute Gasteiger partial charge is 0.349 e. The zero-order chi connectivity index (χ0) is 19.5. The third-order valence-electron chi connectivity index (χ3n) is 5.37. The summed E-state index contributed by atoms with van der Waals surface area (Å²) < 4.78 is 17.0. The Morgan fingerprint density at radius 2 is 1.71 bits per heavy atom. The molecule has 2 heterocycles. The van der Waals surface area contributed by atoms with Gasteiger partial charge in [0.2, 0.25) is 0 Å². The van der Waals surface area contributed by atoms with Gasteiger partial charge in [0.15, 0.2) is 5.82 Å². The molecule has 4 rings (SSSR count). The summed E-state index contributed by atoms with van der Waals surface area (Å²) in [5.74, 6) is 0.267. The Kier molecular flexibility index (Phi) is 5.28. The van der Waals surface area contributed by atoms with E-state index in [1.807, 2.05) is 36.0 Å². The van der Waals surface area contributed by atoms with Crippen LogP contribution in [-0.4, -0.2) is 26.3 Å². The standard InChI is InChI=1S/C22H25FN4O/c1-16-20(21(28)24-18-8-4-2-3-5-9-18)22(26-14-6-7-15-26)27(25-16)19-12-10-17(23)11-13-19/h6-7,10-15,18H,2-5,8-9H2,1H3,(H,24,28). The number of hydrogen-bond acceptors (Lipinski definition) is 2. The number of carbonyl (C=O) groups is 1. The van der Waals surface area contributed by atoms with Gasteiger partial charge in [-0.25, -0.2) is 9.07 Å². The lowest BCUT2D eigenvalue weighted by Crippen LogP contribution is -2.35. The Hall–Kier alpha value is -2.89. The average Bonchev–Trinajstić information content (AvgIpc) is 3.24. The minimum absolute atomic E-state index is 0.0959. The maximum absolute atomic E-state index is 13.4. The van der Waals surface area contributed by atoms with E-state index < -0.39 is 0 Å². The Bertz CT molecular complexity index is 936. The Balaban J connectivity index is 1.74. The molecular weight excluding hydrogens is 355 g/mol. The minimum Gasteiger partial charge on any atom is -0.349 e. The first-order valence-electron chi connectivity index (χ1n) is 9.93.